The van der Waals surface area contributed by atoms with Crippen LogP contribution in [0.25, 0.3) is 65.7 Å². The lowest BCUT2D eigenvalue weighted by molar-refractivity contribution is 0.669. The average molecular weight is 654 g/mol. The molecule has 0 aliphatic carbocycles. The predicted octanol–water partition coefficient (Wildman–Crippen LogP) is 11.7. The van der Waals surface area contributed by atoms with Crippen LogP contribution in [0.1, 0.15) is 22.9 Å². The Morgan fingerprint density at radius 1 is 0.471 bits per heavy atom. The second-order valence-corrected chi connectivity index (χ2v) is 13.0. The van der Waals surface area contributed by atoms with E-state index in [-0.39, 0.29) is 6.17 Å². The largest absolute Gasteiger partial charge is 0.455 e. The molecule has 0 bridgehead atoms. The van der Waals surface area contributed by atoms with Gasteiger partial charge < -0.3 is 9.73 Å². The zero-order valence-electron chi connectivity index (χ0n) is 27.6. The van der Waals surface area contributed by atoms with Crippen LogP contribution in [0.2, 0.25) is 0 Å². The Bertz CT molecular complexity index is 2820. The normalized spacial score (nSPS) is 14.5. The van der Waals surface area contributed by atoms with Crippen molar-refractivity contribution in [2.75, 3.05) is 0 Å². The molecule has 0 saturated carbocycles. The highest BCUT2D eigenvalue weighted by atomic mass is 16.3. The van der Waals surface area contributed by atoms with Gasteiger partial charge in [-0.05, 0) is 74.1 Å². The Balaban J connectivity index is 1.18. The first-order chi connectivity index (χ1) is 25.2. The fraction of sp³-hybridized carbons (Fsp3) is 0.0213. The fourth-order valence-electron chi connectivity index (χ4n) is 7.31. The third-order valence-corrected chi connectivity index (χ3v) is 9.91. The molecule has 10 rings (SSSR count). The number of hydrogen-bond acceptors (Lipinski definition) is 4. The summed E-state index contributed by atoms with van der Waals surface area (Å²) in [4.78, 5) is 10.4. The van der Waals surface area contributed by atoms with Crippen molar-refractivity contribution in [1.29, 1.82) is 0 Å². The van der Waals surface area contributed by atoms with E-state index in [4.69, 9.17) is 14.4 Å². The maximum absolute atomic E-state index is 6.85. The van der Waals surface area contributed by atoms with Gasteiger partial charge in [0.15, 0.2) is 5.84 Å². The van der Waals surface area contributed by atoms with Crippen LogP contribution in [0.5, 0.6) is 0 Å². The summed E-state index contributed by atoms with van der Waals surface area (Å²) < 4.78 is 6.85. The maximum Gasteiger partial charge on any atom is 0.159 e. The third kappa shape index (κ3) is 5.17. The molecule has 0 fully saturated rings. The van der Waals surface area contributed by atoms with E-state index in [0.717, 1.165) is 71.8 Å². The van der Waals surface area contributed by atoms with E-state index < -0.39 is 0 Å². The van der Waals surface area contributed by atoms with Crippen molar-refractivity contribution < 1.29 is 4.42 Å². The van der Waals surface area contributed by atoms with Crippen LogP contribution >= 0.6 is 0 Å². The number of amidine groups is 2. The molecule has 1 unspecified atom stereocenters. The molecular formula is C47H31N3O. The second-order valence-electron chi connectivity index (χ2n) is 13.0. The predicted molar refractivity (Wildman–Crippen MR) is 211 cm³/mol. The van der Waals surface area contributed by atoms with Gasteiger partial charge in [0.2, 0.25) is 0 Å². The number of aliphatic imine (C=N–C) groups is 2. The quantitative estimate of drug-likeness (QED) is 0.201. The average Bonchev–Trinajstić information content (AvgIpc) is 3.58. The molecule has 2 heterocycles. The maximum atomic E-state index is 6.85. The third-order valence-electron chi connectivity index (χ3n) is 9.91. The van der Waals surface area contributed by atoms with Crippen molar-refractivity contribution in [2.45, 2.75) is 6.17 Å². The van der Waals surface area contributed by atoms with Gasteiger partial charge in [0.1, 0.15) is 23.2 Å². The number of hydrogen-bond donors (Lipinski definition) is 1. The van der Waals surface area contributed by atoms with Crippen LogP contribution in [0.15, 0.2) is 190 Å². The van der Waals surface area contributed by atoms with Crippen LogP contribution in [-0.4, -0.2) is 11.7 Å². The summed E-state index contributed by atoms with van der Waals surface area (Å²) >= 11 is 0. The molecule has 1 aliphatic heterocycles. The SMILES string of the molecule is c1ccc(-c2ccc(-c3ccc(C4=NC(c5ccc6ccccc6c5)=NC(c5ccccc5)N4)c4c3oc3cc5ccccc5cc34)cc2)cc1. The monoisotopic (exact) mass is 653 g/mol. The first kappa shape index (κ1) is 29.2. The van der Waals surface area contributed by atoms with Gasteiger partial charge >= 0.3 is 0 Å². The standard InChI is InChI=1S/C47H31N3O/c1-3-11-30(12-4-1)32-19-22-33(23-20-32)39-25-26-40(43-41-28-36-17-9-10-18-37(36)29-42(41)51-44(39)43)47-49-45(34-14-5-2-6-15-34)48-46(50-47)38-24-21-31-13-7-8-16-35(31)27-38/h1-29,45H,(H,48,49,50). The number of benzene rings is 8. The summed E-state index contributed by atoms with van der Waals surface area (Å²) in [5.74, 6) is 1.45. The summed E-state index contributed by atoms with van der Waals surface area (Å²) in [6.45, 7) is 0. The van der Waals surface area contributed by atoms with Crippen LogP contribution in [0, 0.1) is 0 Å². The van der Waals surface area contributed by atoms with Gasteiger partial charge in [-0.15, -0.1) is 0 Å². The lowest BCUT2D eigenvalue weighted by atomic mass is 9.95. The van der Waals surface area contributed by atoms with Crippen molar-refractivity contribution in [3.63, 3.8) is 0 Å². The van der Waals surface area contributed by atoms with Crippen molar-refractivity contribution in [1.82, 2.24) is 5.32 Å². The lowest BCUT2D eigenvalue weighted by Gasteiger charge is -2.24. The zero-order chi connectivity index (χ0) is 33.7. The van der Waals surface area contributed by atoms with E-state index in [1.165, 1.54) is 16.5 Å². The Morgan fingerprint density at radius 2 is 1.06 bits per heavy atom. The Kier molecular flexibility index (Phi) is 6.85. The molecule has 4 nitrogen and oxygen atoms in total. The number of fused-ring (bicyclic) bond motifs is 5. The minimum atomic E-state index is -0.320. The molecule has 0 spiro atoms. The molecule has 4 heteroatoms. The molecule has 240 valence electrons. The van der Waals surface area contributed by atoms with E-state index in [0.29, 0.717) is 5.84 Å². The van der Waals surface area contributed by atoms with Gasteiger partial charge in [0, 0.05) is 27.5 Å². The highest BCUT2D eigenvalue weighted by Gasteiger charge is 2.25. The first-order valence-electron chi connectivity index (χ1n) is 17.3. The van der Waals surface area contributed by atoms with E-state index in [1.54, 1.807) is 0 Å². The van der Waals surface area contributed by atoms with Gasteiger partial charge in [-0.1, -0.05) is 146 Å². The summed E-state index contributed by atoms with van der Waals surface area (Å²) in [7, 11) is 0. The number of rotatable bonds is 5. The first-order valence-corrected chi connectivity index (χ1v) is 17.3. The highest BCUT2D eigenvalue weighted by Crippen LogP contribution is 2.41. The molecule has 1 atom stereocenters. The van der Waals surface area contributed by atoms with Crippen LogP contribution in [0.3, 0.4) is 0 Å². The fourth-order valence-corrected chi connectivity index (χ4v) is 7.31. The highest BCUT2D eigenvalue weighted by molar-refractivity contribution is 6.24. The minimum absolute atomic E-state index is 0.320. The molecule has 0 saturated heterocycles. The Morgan fingerprint density at radius 3 is 1.82 bits per heavy atom. The summed E-state index contributed by atoms with van der Waals surface area (Å²) in [6.07, 6.45) is -0.320. The number of furan rings is 1. The van der Waals surface area contributed by atoms with E-state index in [1.807, 2.05) is 12.1 Å². The van der Waals surface area contributed by atoms with Crippen LogP contribution < -0.4 is 5.32 Å². The minimum Gasteiger partial charge on any atom is -0.455 e. The van der Waals surface area contributed by atoms with Crippen molar-refractivity contribution >= 4 is 55.2 Å². The Labute approximate surface area is 295 Å². The smallest absolute Gasteiger partial charge is 0.159 e. The summed E-state index contributed by atoms with van der Waals surface area (Å²) in [5, 5.41) is 10.4. The van der Waals surface area contributed by atoms with Gasteiger partial charge in [-0.2, -0.15) is 0 Å². The topological polar surface area (TPSA) is 49.9 Å². The van der Waals surface area contributed by atoms with E-state index >= 15 is 0 Å². The second kappa shape index (κ2) is 12.0. The molecule has 51 heavy (non-hydrogen) atoms. The summed E-state index contributed by atoms with van der Waals surface area (Å²) in [6, 6.07) is 61.6. The molecule has 9 aromatic rings. The molecule has 1 N–H and O–H groups in total. The molecular weight excluding hydrogens is 623 g/mol. The molecule has 0 radical (unpaired) electrons. The molecule has 0 amide bonds. The summed E-state index contributed by atoms with van der Waals surface area (Å²) in [5.41, 5.74) is 9.19. The lowest BCUT2D eigenvalue weighted by Crippen LogP contribution is -2.33. The Hall–Kier alpha value is -6.78. The number of nitrogens with zero attached hydrogens (tertiary/aromatic N) is 2. The van der Waals surface area contributed by atoms with Crippen molar-refractivity contribution in [3.05, 3.63) is 193 Å². The van der Waals surface area contributed by atoms with Crippen molar-refractivity contribution in [2.24, 2.45) is 9.98 Å². The van der Waals surface area contributed by atoms with Gasteiger partial charge in [-0.3, -0.25) is 0 Å². The zero-order valence-corrected chi connectivity index (χ0v) is 27.6. The number of nitrogens with one attached hydrogen (secondary N) is 1. The van der Waals surface area contributed by atoms with Gasteiger partial charge in [-0.25, -0.2) is 9.98 Å². The van der Waals surface area contributed by atoms with Crippen LogP contribution in [0.4, 0.5) is 0 Å². The molecule has 1 aliphatic rings. The van der Waals surface area contributed by atoms with E-state index in [9.17, 15) is 0 Å². The molecule has 8 aromatic carbocycles. The molecule has 1 aromatic heterocycles. The van der Waals surface area contributed by atoms with Crippen molar-refractivity contribution in [3.8, 4) is 22.3 Å². The van der Waals surface area contributed by atoms with Gasteiger partial charge in [0.25, 0.3) is 0 Å². The van der Waals surface area contributed by atoms with E-state index in [2.05, 4.69) is 169 Å². The van der Waals surface area contributed by atoms with Gasteiger partial charge in [0.05, 0.1) is 0 Å². The van der Waals surface area contributed by atoms with Crippen LogP contribution in [-0.2, 0) is 0 Å².